The molecule has 0 radical (unpaired) electrons. The fraction of sp³-hybridized carbons (Fsp3) is 0.938. The molecule has 2 atom stereocenters. The molecule has 0 aromatic rings. The van der Waals surface area contributed by atoms with E-state index in [4.69, 9.17) is 14.2 Å². The normalized spacial score (nSPS) is 15.7. The quantitative estimate of drug-likeness (QED) is 0.693. The van der Waals surface area contributed by atoms with Crippen molar-refractivity contribution in [3.05, 3.63) is 0 Å². The Hall–Kier alpha value is -0.810. The molecule has 126 valence electrons. The third-order valence-electron chi connectivity index (χ3n) is 2.78. The molecule has 0 aromatic heterocycles. The summed E-state index contributed by atoms with van der Waals surface area (Å²) in [5.41, 5.74) is -1.13. The van der Waals surface area contributed by atoms with Gasteiger partial charge in [-0.25, -0.2) is 4.79 Å². The lowest BCUT2D eigenvalue weighted by atomic mass is 10.0. The van der Waals surface area contributed by atoms with Gasteiger partial charge >= 0.3 is 6.16 Å². The summed E-state index contributed by atoms with van der Waals surface area (Å²) in [6, 6.07) is 0. The lowest BCUT2D eigenvalue weighted by Crippen LogP contribution is -2.36. The van der Waals surface area contributed by atoms with E-state index in [1.54, 1.807) is 20.8 Å². The van der Waals surface area contributed by atoms with E-state index < -0.39 is 17.9 Å². The SMILES string of the molecule is CC(O)CC(C)(C)OC(=O)OC(C)CC(C)(C)OC(C)C. The van der Waals surface area contributed by atoms with Gasteiger partial charge < -0.3 is 19.3 Å². The van der Waals surface area contributed by atoms with Crippen molar-refractivity contribution in [3.63, 3.8) is 0 Å². The minimum atomic E-state index is -0.755. The molecule has 0 bridgehead atoms. The number of carbonyl (C=O) groups is 1. The molecular weight excluding hydrogens is 272 g/mol. The first-order valence-electron chi connectivity index (χ1n) is 7.58. The number of rotatable bonds is 8. The summed E-state index contributed by atoms with van der Waals surface area (Å²) in [6.07, 6.45) is -0.509. The summed E-state index contributed by atoms with van der Waals surface area (Å²) < 4.78 is 16.3. The van der Waals surface area contributed by atoms with Crippen molar-refractivity contribution >= 4 is 6.16 Å². The van der Waals surface area contributed by atoms with E-state index >= 15 is 0 Å². The molecule has 0 aromatic carbocycles. The first kappa shape index (κ1) is 20.2. The number of aliphatic hydroxyl groups excluding tert-OH is 1. The number of ether oxygens (including phenoxy) is 3. The molecule has 0 amide bonds. The predicted octanol–water partition coefficient (Wildman–Crippen LogP) is 3.67. The molecule has 0 aliphatic heterocycles. The van der Waals surface area contributed by atoms with E-state index in [-0.39, 0.29) is 17.8 Å². The minimum absolute atomic E-state index is 0.115. The third-order valence-corrected chi connectivity index (χ3v) is 2.78. The minimum Gasteiger partial charge on any atom is -0.431 e. The zero-order chi connectivity index (χ0) is 16.8. The van der Waals surface area contributed by atoms with E-state index in [1.165, 1.54) is 0 Å². The third kappa shape index (κ3) is 10.5. The summed E-state index contributed by atoms with van der Waals surface area (Å²) in [4.78, 5) is 11.8. The Morgan fingerprint density at radius 2 is 1.52 bits per heavy atom. The van der Waals surface area contributed by atoms with Crippen molar-refractivity contribution in [2.45, 2.75) is 97.7 Å². The van der Waals surface area contributed by atoms with Crippen LogP contribution < -0.4 is 0 Å². The molecule has 0 saturated carbocycles. The molecule has 0 spiro atoms. The Labute approximate surface area is 129 Å². The van der Waals surface area contributed by atoms with Crippen LogP contribution in [0.4, 0.5) is 4.79 Å². The van der Waals surface area contributed by atoms with E-state index in [9.17, 15) is 9.90 Å². The largest absolute Gasteiger partial charge is 0.509 e. The smallest absolute Gasteiger partial charge is 0.431 e. The van der Waals surface area contributed by atoms with Gasteiger partial charge in [0.15, 0.2) is 0 Å². The van der Waals surface area contributed by atoms with Crippen molar-refractivity contribution in [1.29, 1.82) is 0 Å². The van der Waals surface area contributed by atoms with E-state index in [2.05, 4.69) is 0 Å². The number of hydrogen-bond acceptors (Lipinski definition) is 5. The van der Waals surface area contributed by atoms with Gasteiger partial charge in [-0.3, -0.25) is 0 Å². The second-order valence-corrected chi connectivity index (χ2v) is 7.22. The van der Waals surface area contributed by atoms with Gasteiger partial charge in [0.05, 0.1) is 17.8 Å². The average Bonchev–Trinajstić information content (AvgIpc) is 2.07. The molecule has 0 aliphatic rings. The fourth-order valence-electron chi connectivity index (χ4n) is 2.59. The highest BCUT2D eigenvalue weighted by Crippen LogP contribution is 2.22. The van der Waals surface area contributed by atoms with Gasteiger partial charge in [0.25, 0.3) is 0 Å². The molecule has 1 N–H and O–H groups in total. The molecular formula is C16H32O5. The van der Waals surface area contributed by atoms with E-state index in [1.807, 2.05) is 34.6 Å². The lowest BCUT2D eigenvalue weighted by Gasteiger charge is -2.31. The maximum Gasteiger partial charge on any atom is 0.509 e. The van der Waals surface area contributed by atoms with Crippen LogP contribution in [0.5, 0.6) is 0 Å². The van der Waals surface area contributed by atoms with Crippen LogP contribution in [0.2, 0.25) is 0 Å². The standard InChI is InChI=1S/C16H32O5/c1-11(2)20-16(7,8)10-13(4)19-14(18)21-15(5,6)9-12(3)17/h11-13,17H,9-10H2,1-8H3. The van der Waals surface area contributed by atoms with Gasteiger partial charge in [0.2, 0.25) is 0 Å². The molecule has 5 heteroatoms. The van der Waals surface area contributed by atoms with Crippen molar-refractivity contribution in [2.24, 2.45) is 0 Å². The Kier molecular flexibility index (Phi) is 7.68. The highest BCUT2D eigenvalue weighted by molar-refractivity contribution is 5.60. The van der Waals surface area contributed by atoms with Gasteiger partial charge in [-0.2, -0.15) is 0 Å². The van der Waals surface area contributed by atoms with Crippen LogP contribution in [-0.4, -0.2) is 40.8 Å². The monoisotopic (exact) mass is 304 g/mol. The van der Waals surface area contributed by atoms with Crippen molar-refractivity contribution in [3.8, 4) is 0 Å². The van der Waals surface area contributed by atoms with E-state index in [0.29, 0.717) is 12.8 Å². The Bertz CT molecular complexity index is 321. The topological polar surface area (TPSA) is 65.0 Å². The lowest BCUT2D eigenvalue weighted by molar-refractivity contribution is -0.0919. The van der Waals surface area contributed by atoms with Crippen LogP contribution in [-0.2, 0) is 14.2 Å². The van der Waals surface area contributed by atoms with Gasteiger partial charge in [-0.05, 0) is 55.4 Å². The Morgan fingerprint density at radius 1 is 1.00 bits per heavy atom. The molecule has 0 fully saturated rings. The maximum atomic E-state index is 11.8. The Morgan fingerprint density at radius 3 is 1.95 bits per heavy atom. The highest BCUT2D eigenvalue weighted by atomic mass is 16.7. The summed E-state index contributed by atoms with van der Waals surface area (Å²) in [5.74, 6) is 0. The molecule has 0 aliphatic carbocycles. The van der Waals surface area contributed by atoms with Crippen molar-refractivity contribution < 1.29 is 24.1 Å². The van der Waals surface area contributed by atoms with Gasteiger partial charge in [-0.1, -0.05) is 0 Å². The zero-order valence-corrected chi connectivity index (χ0v) is 14.7. The maximum absolute atomic E-state index is 11.8. The zero-order valence-electron chi connectivity index (χ0n) is 14.7. The van der Waals surface area contributed by atoms with Gasteiger partial charge in [0.1, 0.15) is 11.7 Å². The van der Waals surface area contributed by atoms with Crippen LogP contribution in [0.15, 0.2) is 0 Å². The summed E-state index contributed by atoms with van der Waals surface area (Å²) in [5, 5.41) is 9.37. The summed E-state index contributed by atoms with van der Waals surface area (Å²) in [7, 11) is 0. The summed E-state index contributed by atoms with van der Waals surface area (Å²) in [6.45, 7) is 14.8. The molecule has 5 nitrogen and oxygen atoms in total. The van der Waals surface area contributed by atoms with Crippen LogP contribution in [0.3, 0.4) is 0 Å². The first-order chi connectivity index (χ1) is 9.33. The van der Waals surface area contributed by atoms with Crippen LogP contribution >= 0.6 is 0 Å². The first-order valence-corrected chi connectivity index (χ1v) is 7.58. The fourth-order valence-corrected chi connectivity index (χ4v) is 2.59. The molecule has 2 unspecified atom stereocenters. The number of hydrogen-bond donors (Lipinski definition) is 1. The average molecular weight is 304 g/mol. The van der Waals surface area contributed by atoms with Crippen molar-refractivity contribution in [2.75, 3.05) is 0 Å². The predicted molar refractivity (Wildman–Crippen MR) is 82.3 cm³/mol. The second kappa shape index (κ2) is 7.99. The molecule has 0 heterocycles. The molecule has 0 saturated heterocycles. The highest BCUT2D eigenvalue weighted by Gasteiger charge is 2.29. The molecule has 0 rings (SSSR count). The number of aliphatic hydroxyl groups is 1. The van der Waals surface area contributed by atoms with Gasteiger partial charge in [-0.15, -0.1) is 0 Å². The number of carbonyl (C=O) groups excluding carboxylic acids is 1. The molecule has 21 heavy (non-hydrogen) atoms. The van der Waals surface area contributed by atoms with Crippen LogP contribution in [0.25, 0.3) is 0 Å². The summed E-state index contributed by atoms with van der Waals surface area (Å²) >= 11 is 0. The van der Waals surface area contributed by atoms with Crippen LogP contribution in [0.1, 0.15) is 68.2 Å². The van der Waals surface area contributed by atoms with Gasteiger partial charge in [0, 0.05) is 12.8 Å². The second-order valence-electron chi connectivity index (χ2n) is 7.22. The van der Waals surface area contributed by atoms with E-state index in [0.717, 1.165) is 0 Å². The van der Waals surface area contributed by atoms with Crippen LogP contribution in [0, 0.1) is 0 Å². The van der Waals surface area contributed by atoms with Crippen molar-refractivity contribution in [1.82, 2.24) is 0 Å². The Balaban J connectivity index is 4.33.